The van der Waals surface area contributed by atoms with Crippen molar-refractivity contribution in [2.24, 2.45) is 10.3 Å². The molecule has 0 aromatic carbocycles. The van der Waals surface area contributed by atoms with Gasteiger partial charge in [-0.1, -0.05) is 10.3 Å². The van der Waals surface area contributed by atoms with E-state index in [1.54, 1.807) is 0 Å². The van der Waals surface area contributed by atoms with E-state index in [2.05, 4.69) is 41.3 Å². The van der Waals surface area contributed by atoms with E-state index in [4.69, 9.17) is 10.2 Å². The highest BCUT2D eigenvalue weighted by Crippen LogP contribution is 2.05. The van der Waals surface area contributed by atoms with Crippen molar-refractivity contribution < 1.29 is 110 Å². The Morgan fingerprint density at radius 1 is 0.446 bits per heavy atom. The van der Waals surface area contributed by atoms with Gasteiger partial charge in [-0.2, -0.15) is 0 Å². The summed E-state index contributed by atoms with van der Waals surface area (Å²) in [6, 6.07) is 0. The van der Waals surface area contributed by atoms with Crippen molar-refractivity contribution in [3.63, 3.8) is 0 Å². The van der Waals surface area contributed by atoms with Crippen molar-refractivity contribution in [3.8, 4) is 0 Å². The van der Waals surface area contributed by atoms with Gasteiger partial charge in [-0.3, -0.25) is 48.3 Å². The van der Waals surface area contributed by atoms with Gasteiger partial charge in [-0.15, -0.1) is 0 Å². The highest BCUT2D eigenvalue weighted by molar-refractivity contribution is 5.80. The molecule has 0 heterocycles. The minimum absolute atomic E-state index is 0.116. The van der Waals surface area contributed by atoms with Gasteiger partial charge < -0.3 is 97.3 Å². The number of aliphatic carboxylic acids is 3. The number of oxime groups is 2. The zero-order chi connectivity index (χ0) is 49.5. The maximum atomic E-state index is 12.6. The first kappa shape index (κ1) is 59.7. The molecule has 0 rings (SSSR count). The number of nitrogens with one attached hydrogen (secondary N) is 4. The van der Waals surface area contributed by atoms with Gasteiger partial charge >= 0.3 is 17.9 Å². The molecular formula is C34H61N9O22. The molecule has 65 heavy (non-hydrogen) atoms. The zero-order valence-electron chi connectivity index (χ0n) is 35.0. The lowest BCUT2D eigenvalue weighted by atomic mass is 10.0. The second-order valence-electron chi connectivity index (χ2n) is 13.8. The molecular weight excluding hydrogens is 886 g/mol. The van der Waals surface area contributed by atoms with Crippen LogP contribution >= 0.6 is 0 Å². The van der Waals surface area contributed by atoms with E-state index in [0.29, 0.717) is 12.4 Å². The molecule has 0 aromatic rings. The summed E-state index contributed by atoms with van der Waals surface area (Å²) >= 11 is 0. The number of carbonyl (C=O) groups is 7. The van der Waals surface area contributed by atoms with Gasteiger partial charge in [0.25, 0.3) is 11.8 Å². The molecule has 31 heteroatoms. The van der Waals surface area contributed by atoms with Crippen LogP contribution in [-0.4, -0.2) is 295 Å². The molecule has 8 atom stereocenters. The molecule has 0 aliphatic heterocycles. The number of rotatable bonds is 38. The lowest BCUT2D eigenvalue weighted by molar-refractivity contribution is -0.141. The summed E-state index contributed by atoms with van der Waals surface area (Å²) in [4.78, 5) is 96.6. The fraction of sp³-hybridized carbons (Fsp3) is 0.735. The van der Waals surface area contributed by atoms with E-state index in [1.165, 1.54) is 14.7 Å². The summed E-state index contributed by atoms with van der Waals surface area (Å²) in [6.07, 6.45) is -13.6. The molecule has 31 nitrogen and oxygen atoms in total. The average molecular weight is 948 g/mol. The summed E-state index contributed by atoms with van der Waals surface area (Å²) < 4.78 is 0. The number of amides is 4. The summed E-state index contributed by atoms with van der Waals surface area (Å²) in [5.41, 5.74) is 0. The van der Waals surface area contributed by atoms with E-state index in [9.17, 15) is 89.7 Å². The van der Waals surface area contributed by atoms with Crippen molar-refractivity contribution in [3.05, 3.63) is 0 Å². The number of aliphatic hydroxyl groups is 10. The van der Waals surface area contributed by atoms with Gasteiger partial charge in [0.2, 0.25) is 11.8 Å². The molecule has 374 valence electrons. The van der Waals surface area contributed by atoms with Gasteiger partial charge in [-0.25, -0.2) is 0 Å². The fourth-order valence-electron chi connectivity index (χ4n) is 4.92. The van der Waals surface area contributed by atoms with Crippen LogP contribution in [-0.2, 0) is 43.2 Å². The maximum absolute atomic E-state index is 12.6. The fourth-order valence-corrected chi connectivity index (χ4v) is 4.92. The Balaban J connectivity index is 4.90. The highest BCUT2D eigenvalue weighted by Gasteiger charge is 2.30. The third-order valence-corrected chi connectivity index (χ3v) is 8.34. The summed E-state index contributed by atoms with van der Waals surface area (Å²) in [7, 11) is 0. The van der Waals surface area contributed by atoms with Gasteiger partial charge in [0.05, 0.1) is 58.4 Å². The Hall–Kier alpha value is -5.29. The van der Waals surface area contributed by atoms with Crippen LogP contribution in [0.25, 0.3) is 0 Å². The van der Waals surface area contributed by atoms with Crippen LogP contribution in [0.5, 0.6) is 0 Å². The molecule has 0 aliphatic rings. The number of aliphatic hydroxyl groups excluding tert-OH is 10. The number of carboxylic acid groups (broad SMARTS) is 3. The number of carboxylic acids is 3. The minimum atomic E-state index is -1.94. The lowest BCUT2D eigenvalue weighted by Crippen LogP contribution is -2.48. The first-order valence-electron chi connectivity index (χ1n) is 19.5. The molecule has 17 N–H and O–H groups in total. The molecule has 0 aliphatic carbocycles. The van der Waals surface area contributed by atoms with Gasteiger partial charge in [0.15, 0.2) is 13.2 Å². The van der Waals surface area contributed by atoms with Crippen LogP contribution in [0.1, 0.15) is 0 Å². The predicted octanol–water partition coefficient (Wildman–Crippen LogP) is -11.5. The van der Waals surface area contributed by atoms with Crippen LogP contribution in [0.2, 0.25) is 0 Å². The first-order valence-corrected chi connectivity index (χ1v) is 19.5. The minimum Gasteiger partial charge on any atom is -0.480 e. The molecule has 0 spiro atoms. The Labute approximate surface area is 370 Å². The van der Waals surface area contributed by atoms with Crippen LogP contribution in [0, 0.1) is 0 Å². The molecule has 0 aromatic heterocycles. The van der Waals surface area contributed by atoms with Crippen LogP contribution in [0.15, 0.2) is 10.3 Å². The SMILES string of the molecule is O=C(O)CN(CCN(CC(=O)O)CC(=O)NCCNC(=O)CO/N=C/C(O)[C@H](O)C(O)C(O)CO)CCN(CC(=O)O)CC(=O)NCCNC(=O)CO/N=C/C(O)[C@H](O)C(O)C(O)CO. The van der Waals surface area contributed by atoms with Crippen molar-refractivity contribution in [1.29, 1.82) is 0 Å². The smallest absolute Gasteiger partial charge is 0.317 e. The average Bonchev–Trinajstić information content (AvgIpc) is 3.25. The highest BCUT2D eigenvalue weighted by atomic mass is 16.6. The van der Waals surface area contributed by atoms with Crippen molar-refractivity contribution in [2.45, 2.75) is 48.8 Å². The number of nitrogens with zero attached hydrogens (tertiary/aromatic N) is 5. The maximum Gasteiger partial charge on any atom is 0.317 e. The molecule has 0 saturated carbocycles. The van der Waals surface area contributed by atoms with E-state index in [-0.39, 0.29) is 52.4 Å². The van der Waals surface area contributed by atoms with Gasteiger partial charge in [-0.05, 0) is 0 Å². The molecule has 6 unspecified atom stereocenters. The standard InChI is InChI=1S/C34H61N9O22/c44-16-22(48)33(62)31(60)20(46)9-39-64-18-26(52)37-3-1-35-24(50)11-42(14-29(56)57)7-5-41(13-28(54)55)6-8-43(15-30(58)59)12-25(51)36-2-4-38-27(53)19-65-40-10-21(47)32(61)34(63)23(49)17-45/h9-10,20-23,31-34,44-49,60-63H,1-8,11-19H2,(H,35,50)(H,36,51)(H,37,52)(H,38,53)(H,54,55)(H,56,57)(H,58,59)/b39-9+,40-10+/t20?,21?,22?,23?,31-,32-,33?,34?/m0/s1. The predicted molar refractivity (Wildman–Crippen MR) is 215 cm³/mol. The van der Waals surface area contributed by atoms with Crippen LogP contribution in [0.3, 0.4) is 0 Å². The van der Waals surface area contributed by atoms with Crippen LogP contribution in [0.4, 0.5) is 0 Å². The molecule has 0 bridgehead atoms. The molecule has 0 radical (unpaired) electrons. The van der Waals surface area contributed by atoms with E-state index in [1.807, 2.05) is 0 Å². The second kappa shape index (κ2) is 34.1. The number of carbonyl (C=O) groups excluding carboxylic acids is 4. The lowest BCUT2D eigenvalue weighted by Gasteiger charge is -2.28. The Kier molecular flexibility index (Phi) is 31.3. The Morgan fingerprint density at radius 3 is 1.05 bits per heavy atom. The van der Waals surface area contributed by atoms with Gasteiger partial charge in [0, 0.05) is 52.4 Å². The summed E-state index contributed by atoms with van der Waals surface area (Å²) in [5.74, 6) is -6.72. The van der Waals surface area contributed by atoms with E-state index in [0.717, 1.165) is 0 Å². The van der Waals surface area contributed by atoms with E-state index >= 15 is 0 Å². The first-order chi connectivity index (χ1) is 30.6. The third kappa shape index (κ3) is 29.0. The normalized spacial score (nSPS) is 15.5. The van der Waals surface area contributed by atoms with Crippen molar-refractivity contribution in [1.82, 2.24) is 36.0 Å². The van der Waals surface area contributed by atoms with Crippen LogP contribution < -0.4 is 21.3 Å². The van der Waals surface area contributed by atoms with Gasteiger partial charge in [0.1, 0.15) is 48.8 Å². The third-order valence-electron chi connectivity index (χ3n) is 8.34. The van der Waals surface area contributed by atoms with Crippen molar-refractivity contribution in [2.75, 3.05) is 112 Å². The topological polar surface area (TPSA) is 484 Å². The quantitative estimate of drug-likeness (QED) is 0.0155. The zero-order valence-corrected chi connectivity index (χ0v) is 35.0. The molecule has 0 saturated heterocycles. The summed E-state index contributed by atoms with van der Waals surface area (Å²) in [6.45, 7) is -6.96. The second-order valence-corrected chi connectivity index (χ2v) is 13.8. The molecule has 0 fully saturated rings. The summed E-state index contributed by atoms with van der Waals surface area (Å²) in [5, 5.41) is 138. The number of hydrogen-bond donors (Lipinski definition) is 17. The number of hydrogen-bond acceptors (Lipinski definition) is 24. The molecule has 4 amide bonds. The Morgan fingerprint density at radius 2 is 0.738 bits per heavy atom. The van der Waals surface area contributed by atoms with E-state index < -0.39 is 150 Å². The largest absolute Gasteiger partial charge is 0.480 e. The Bertz CT molecular complexity index is 1410. The van der Waals surface area contributed by atoms with Crippen molar-refractivity contribution >= 4 is 54.0 Å². The monoisotopic (exact) mass is 947 g/mol.